The molecular formula is C11H13FN2O. The number of aryl methyl sites for hydroxylation is 1. The lowest BCUT2D eigenvalue weighted by Gasteiger charge is -2.18. The molecule has 0 aliphatic carbocycles. The number of carbonyl (C=O) groups excluding carboxylic acids is 1. The number of carbonyl (C=O) groups is 1. The van der Waals surface area contributed by atoms with Gasteiger partial charge in [-0.3, -0.25) is 4.79 Å². The zero-order chi connectivity index (χ0) is 11.0. The van der Waals surface area contributed by atoms with Crippen LogP contribution in [-0.4, -0.2) is 12.5 Å². The second-order valence-corrected chi connectivity index (χ2v) is 3.81. The molecule has 1 amide bonds. The zero-order valence-electron chi connectivity index (χ0n) is 8.59. The Morgan fingerprint density at radius 1 is 1.47 bits per heavy atom. The Bertz CT molecular complexity index is 417. The van der Waals surface area contributed by atoms with Crippen LogP contribution in [0.5, 0.6) is 0 Å². The van der Waals surface area contributed by atoms with E-state index in [4.69, 9.17) is 5.73 Å². The van der Waals surface area contributed by atoms with Crippen LogP contribution in [-0.2, 0) is 4.79 Å². The summed E-state index contributed by atoms with van der Waals surface area (Å²) < 4.78 is 13.3. The van der Waals surface area contributed by atoms with Crippen LogP contribution in [0.1, 0.15) is 18.4 Å². The SMILES string of the molecule is Cc1cc(N)c(N2CCCC2=O)cc1F. The molecule has 1 aliphatic heterocycles. The molecule has 3 nitrogen and oxygen atoms in total. The highest BCUT2D eigenvalue weighted by atomic mass is 19.1. The third kappa shape index (κ3) is 1.67. The number of halogens is 1. The summed E-state index contributed by atoms with van der Waals surface area (Å²) in [6, 6.07) is 2.91. The summed E-state index contributed by atoms with van der Waals surface area (Å²) >= 11 is 0. The van der Waals surface area contributed by atoms with Gasteiger partial charge in [0.05, 0.1) is 11.4 Å². The minimum atomic E-state index is -0.320. The molecule has 0 radical (unpaired) electrons. The molecular weight excluding hydrogens is 195 g/mol. The van der Waals surface area contributed by atoms with E-state index in [1.54, 1.807) is 17.9 Å². The van der Waals surface area contributed by atoms with Gasteiger partial charge < -0.3 is 10.6 Å². The summed E-state index contributed by atoms with van der Waals surface area (Å²) in [5, 5.41) is 0. The molecule has 0 atom stereocenters. The van der Waals surface area contributed by atoms with E-state index in [1.165, 1.54) is 6.07 Å². The van der Waals surface area contributed by atoms with Crippen molar-refractivity contribution in [2.24, 2.45) is 0 Å². The van der Waals surface area contributed by atoms with Crippen LogP contribution >= 0.6 is 0 Å². The van der Waals surface area contributed by atoms with E-state index < -0.39 is 0 Å². The van der Waals surface area contributed by atoms with E-state index >= 15 is 0 Å². The number of nitrogens with zero attached hydrogens (tertiary/aromatic N) is 1. The number of amides is 1. The molecule has 0 saturated carbocycles. The van der Waals surface area contributed by atoms with Gasteiger partial charge in [0.2, 0.25) is 5.91 Å². The first-order valence-corrected chi connectivity index (χ1v) is 4.95. The molecule has 2 rings (SSSR count). The average Bonchev–Trinajstić information content (AvgIpc) is 2.58. The third-order valence-electron chi connectivity index (χ3n) is 2.67. The number of hydrogen-bond acceptors (Lipinski definition) is 2. The van der Waals surface area contributed by atoms with E-state index in [2.05, 4.69) is 0 Å². The maximum atomic E-state index is 13.3. The minimum absolute atomic E-state index is 0.0185. The van der Waals surface area contributed by atoms with Crippen LogP contribution in [0.3, 0.4) is 0 Å². The first kappa shape index (κ1) is 9.96. The van der Waals surface area contributed by atoms with Crippen molar-refractivity contribution in [3.8, 4) is 0 Å². The van der Waals surface area contributed by atoms with Crippen molar-refractivity contribution < 1.29 is 9.18 Å². The van der Waals surface area contributed by atoms with Crippen LogP contribution in [0.2, 0.25) is 0 Å². The highest BCUT2D eigenvalue weighted by Crippen LogP contribution is 2.29. The lowest BCUT2D eigenvalue weighted by atomic mass is 10.1. The summed E-state index contributed by atoms with van der Waals surface area (Å²) in [7, 11) is 0. The van der Waals surface area contributed by atoms with Crippen LogP contribution in [0, 0.1) is 12.7 Å². The number of nitrogens with two attached hydrogens (primary N) is 1. The first-order chi connectivity index (χ1) is 7.09. The monoisotopic (exact) mass is 208 g/mol. The molecule has 80 valence electrons. The maximum absolute atomic E-state index is 13.3. The van der Waals surface area contributed by atoms with Gasteiger partial charge in [-0.2, -0.15) is 0 Å². The topological polar surface area (TPSA) is 46.3 Å². The molecule has 15 heavy (non-hydrogen) atoms. The normalized spacial score (nSPS) is 16.1. The van der Waals surface area contributed by atoms with Crippen molar-refractivity contribution in [3.05, 3.63) is 23.5 Å². The largest absolute Gasteiger partial charge is 0.397 e. The Kier molecular flexibility index (Phi) is 2.34. The molecule has 0 unspecified atom stereocenters. The fraction of sp³-hybridized carbons (Fsp3) is 0.364. The lowest BCUT2D eigenvalue weighted by molar-refractivity contribution is -0.117. The highest BCUT2D eigenvalue weighted by Gasteiger charge is 2.24. The van der Waals surface area contributed by atoms with E-state index in [1.807, 2.05) is 0 Å². The Balaban J connectivity index is 2.43. The molecule has 2 N–H and O–H groups in total. The van der Waals surface area contributed by atoms with Crippen molar-refractivity contribution in [2.45, 2.75) is 19.8 Å². The van der Waals surface area contributed by atoms with E-state index in [9.17, 15) is 9.18 Å². The Morgan fingerprint density at radius 3 is 2.80 bits per heavy atom. The van der Waals surface area contributed by atoms with Gasteiger partial charge in [0.1, 0.15) is 5.82 Å². The van der Waals surface area contributed by atoms with Crippen molar-refractivity contribution in [1.82, 2.24) is 0 Å². The summed E-state index contributed by atoms with van der Waals surface area (Å²) in [6.07, 6.45) is 1.34. The Labute approximate surface area is 87.7 Å². The number of rotatable bonds is 1. The van der Waals surface area contributed by atoms with Crippen LogP contribution in [0.4, 0.5) is 15.8 Å². The molecule has 4 heteroatoms. The summed E-state index contributed by atoms with van der Waals surface area (Å²) in [4.78, 5) is 13.0. The zero-order valence-corrected chi connectivity index (χ0v) is 8.59. The van der Waals surface area contributed by atoms with Crippen molar-refractivity contribution in [1.29, 1.82) is 0 Å². The number of hydrogen-bond donors (Lipinski definition) is 1. The van der Waals surface area contributed by atoms with Crippen molar-refractivity contribution in [3.63, 3.8) is 0 Å². The van der Waals surface area contributed by atoms with Crippen molar-refractivity contribution >= 4 is 17.3 Å². The van der Waals surface area contributed by atoms with Gasteiger partial charge in [-0.15, -0.1) is 0 Å². The lowest BCUT2D eigenvalue weighted by Crippen LogP contribution is -2.24. The quantitative estimate of drug-likeness (QED) is 0.716. The molecule has 1 aromatic carbocycles. The number of nitrogen functional groups attached to an aromatic ring is 1. The van der Waals surface area contributed by atoms with Gasteiger partial charge in [-0.1, -0.05) is 0 Å². The standard InChI is InChI=1S/C11H13FN2O/c1-7-5-9(13)10(6-8(7)12)14-4-2-3-11(14)15/h5-6H,2-4,13H2,1H3. The average molecular weight is 208 g/mol. The summed E-state index contributed by atoms with van der Waals surface area (Å²) in [5.41, 5.74) is 7.24. The molecule has 1 saturated heterocycles. The Morgan fingerprint density at radius 2 is 2.20 bits per heavy atom. The van der Waals surface area contributed by atoms with E-state index in [0.717, 1.165) is 6.42 Å². The van der Waals surface area contributed by atoms with Gasteiger partial charge in [0, 0.05) is 13.0 Å². The fourth-order valence-corrected chi connectivity index (χ4v) is 1.83. The van der Waals surface area contributed by atoms with Gasteiger partial charge >= 0.3 is 0 Å². The Hall–Kier alpha value is -1.58. The molecule has 1 aromatic rings. The van der Waals surface area contributed by atoms with Crippen LogP contribution < -0.4 is 10.6 Å². The first-order valence-electron chi connectivity index (χ1n) is 4.95. The molecule has 1 aliphatic rings. The molecule has 1 heterocycles. The predicted octanol–water partition coefficient (Wildman–Crippen LogP) is 1.84. The second-order valence-electron chi connectivity index (χ2n) is 3.81. The van der Waals surface area contributed by atoms with Gasteiger partial charge in [0.25, 0.3) is 0 Å². The third-order valence-corrected chi connectivity index (χ3v) is 2.67. The van der Waals surface area contributed by atoms with E-state index in [-0.39, 0.29) is 11.7 Å². The minimum Gasteiger partial charge on any atom is -0.397 e. The maximum Gasteiger partial charge on any atom is 0.227 e. The smallest absolute Gasteiger partial charge is 0.227 e. The fourth-order valence-electron chi connectivity index (χ4n) is 1.83. The second kappa shape index (κ2) is 3.53. The van der Waals surface area contributed by atoms with E-state index in [0.29, 0.717) is 29.9 Å². The molecule has 0 bridgehead atoms. The molecule has 0 spiro atoms. The molecule has 1 fully saturated rings. The van der Waals surface area contributed by atoms with Gasteiger partial charge in [0.15, 0.2) is 0 Å². The summed E-state index contributed by atoms with van der Waals surface area (Å²) in [6.45, 7) is 2.28. The van der Waals surface area contributed by atoms with Gasteiger partial charge in [-0.05, 0) is 31.0 Å². The highest BCUT2D eigenvalue weighted by molar-refractivity contribution is 5.98. The number of benzene rings is 1. The molecule has 0 aromatic heterocycles. The number of anilines is 2. The van der Waals surface area contributed by atoms with Crippen molar-refractivity contribution in [2.75, 3.05) is 17.2 Å². The summed E-state index contributed by atoms with van der Waals surface area (Å²) in [5.74, 6) is -0.302. The van der Waals surface area contributed by atoms with Crippen LogP contribution in [0.25, 0.3) is 0 Å². The van der Waals surface area contributed by atoms with Gasteiger partial charge in [-0.25, -0.2) is 4.39 Å². The van der Waals surface area contributed by atoms with Crippen LogP contribution in [0.15, 0.2) is 12.1 Å². The predicted molar refractivity (Wildman–Crippen MR) is 57.1 cm³/mol.